The first-order chi connectivity index (χ1) is 12.7. The summed E-state index contributed by atoms with van der Waals surface area (Å²) in [5.74, 6) is 1.42. The third kappa shape index (κ3) is 3.47. The molecule has 0 N–H and O–H groups in total. The van der Waals surface area contributed by atoms with Crippen molar-refractivity contribution < 1.29 is 4.79 Å². The summed E-state index contributed by atoms with van der Waals surface area (Å²) in [6, 6.07) is 5.04. The molecule has 1 aliphatic carbocycles. The van der Waals surface area contributed by atoms with Crippen LogP contribution in [0, 0.1) is 11.8 Å². The first-order valence-electron chi connectivity index (χ1n) is 9.22. The lowest BCUT2D eigenvalue weighted by Gasteiger charge is -2.33. The number of piperidine rings is 1. The third-order valence-electron chi connectivity index (χ3n) is 5.31. The Morgan fingerprint density at radius 3 is 2.62 bits per heavy atom. The van der Waals surface area contributed by atoms with Crippen molar-refractivity contribution in [2.24, 2.45) is 11.8 Å². The van der Waals surface area contributed by atoms with Crippen molar-refractivity contribution in [2.75, 3.05) is 13.1 Å². The van der Waals surface area contributed by atoms with Crippen LogP contribution in [0.3, 0.4) is 0 Å². The molecule has 1 saturated heterocycles. The SMILES string of the molecule is O=C(C1CC=CC1)N1CCC(Cn2nc(-n3cccn3)ccc2=O)CC1. The van der Waals surface area contributed by atoms with Crippen LogP contribution >= 0.6 is 0 Å². The minimum absolute atomic E-state index is 0.101. The van der Waals surface area contributed by atoms with Gasteiger partial charge in [0.15, 0.2) is 5.82 Å². The third-order valence-corrected chi connectivity index (χ3v) is 5.31. The minimum atomic E-state index is -0.101. The number of carbonyl (C=O) groups is 1. The van der Waals surface area contributed by atoms with Gasteiger partial charge < -0.3 is 4.90 Å². The van der Waals surface area contributed by atoms with Gasteiger partial charge in [0.1, 0.15) is 0 Å². The van der Waals surface area contributed by atoms with Crippen molar-refractivity contribution in [1.82, 2.24) is 24.5 Å². The molecule has 0 unspecified atom stereocenters. The topological polar surface area (TPSA) is 73.0 Å². The largest absolute Gasteiger partial charge is 0.342 e. The first-order valence-corrected chi connectivity index (χ1v) is 9.22. The second kappa shape index (κ2) is 7.27. The predicted octanol–water partition coefficient (Wildman–Crippen LogP) is 1.63. The fourth-order valence-electron chi connectivity index (χ4n) is 3.75. The van der Waals surface area contributed by atoms with Gasteiger partial charge in [0.25, 0.3) is 5.56 Å². The number of likely N-dealkylation sites (tertiary alicyclic amines) is 1. The highest BCUT2D eigenvalue weighted by atomic mass is 16.2. The van der Waals surface area contributed by atoms with E-state index in [-0.39, 0.29) is 17.4 Å². The van der Waals surface area contributed by atoms with Gasteiger partial charge in [-0.2, -0.15) is 5.10 Å². The van der Waals surface area contributed by atoms with Crippen LogP contribution in [0.5, 0.6) is 0 Å². The molecular weight excluding hydrogens is 330 g/mol. The summed E-state index contributed by atoms with van der Waals surface area (Å²) in [6.07, 6.45) is 11.2. The summed E-state index contributed by atoms with van der Waals surface area (Å²) < 4.78 is 3.17. The van der Waals surface area contributed by atoms with Gasteiger partial charge in [-0.25, -0.2) is 9.36 Å². The number of hydrogen-bond donors (Lipinski definition) is 0. The predicted molar refractivity (Wildman–Crippen MR) is 96.8 cm³/mol. The Bertz CT molecular complexity index is 839. The zero-order valence-corrected chi connectivity index (χ0v) is 14.7. The van der Waals surface area contributed by atoms with Crippen molar-refractivity contribution in [2.45, 2.75) is 32.2 Å². The van der Waals surface area contributed by atoms with Gasteiger partial charge in [0, 0.05) is 44.0 Å². The van der Waals surface area contributed by atoms with E-state index in [1.54, 1.807) is 23.1 Å². The molecule has 0 aromatic carbocycles. The molecule has 0 spiro atoms. The van der Waals surface area contributed by atoms with Gasteiger partial charge in [-0.3, -0.25) is 9.59 Å². The van der Waals surface area contributed by atoms with Gasteiger partial charge in [0.2, 0.25) is 5.91 Å². The van der Waals surface area contributed by atoms with Crippen LogP contribution in [0.1, 0.15) is 25.7 Å². The Kier molecular flexibility index (Phi) is 4.69. The standard InChI is InChI=1S/C19H23N5O2/c25-18-7-6-17(23-11-3-10-20-23)21-24(18)14-15-8-12-22(13-9-15)19(26)16-4-1-2-5-16/h1-3,6-7,10-11,15-16H,4-5,8-9,12-14H2. The molecule has 26 heavy (non-hydrogen) atoms. The van der Waals surface area contributed by atoms with E-state index in [1.165, 1.54) is 10.7 Å². The molecule has 0 atom stereocenters. The number of aromatic nitrogens is 4. The van der Waals surface area contributed by atoms with Gasteiger partial charge in [0.05, 0.1) is 0 Å². The molecule has 7 nitrogen and oxygen atoms in total. The number of amides is 1. The second-order valence-corrected chi connectivity index (χ2v) is 7.07. The van der Waals surface area contributed by atoms with Gasteiger partial charge in [-0.15, -0.1) is 5.10 Å². The van der Waals surface area contributed by atoms with E-state index in [1.807, 2.05) is 11.0 Å². The van der Waals surface area contributed by atoms with Crippen LogP contribution in [-0.4, -0.2) is 43.5 Å². The maximum atomic E-state index is 12.5. The average molecular weight is 353 g/mol. The summed E-state index contributed by atoms with van der Waals surface area (Å²) >= 11 is 0. The van der Waals surface area contributed by atoms with E-state index in [0.717, 1.165) is 38.8 Å². The van der Waals surface area contributed by atoms with Crippen molar-refractivity contribution in [3.05, 3.63) is 53.1 Å². The zero-order chi connectivity index (χ0) is 17.9. The van der Waals surface area contributed by atoms with Crippen molar-refractivity contribution in [3.63, 3.8) is 0 Å². The highest BCUT2D eigenvalue weighted by Gasteiger charge is 2.28. The van der Waals surface area contributed by atoms with E-state index in [0.29, 0.717) is 18.3 Å². The monoisotopic (exact) mass is 353 g/mol. The number of hydrogen-bond acceptors (Lipinski definition) is 4. The molecule has 0 saturated carbocycles. The van der Waals surface area contributed by atoms with Crippen molar-refractivity contribution in [1.29, 1.82) is 0 Å². The number of rotatable bonds is 4. The normalized spacial score (nSPS) is 18.5. The van der Waals surface area contributed by atoms with Gasteiger partial charge in [-0.05, 0) is 43.7 Å². The molecule has 1 aliphatic heterocycles. The van der Waals surface area contributed by atoms with Gasteiger partial charge in [-0.1, -0.05) is 12.2 Å². The van der Waals surface area contributed by atoms with Crippen molar-refractivity contribution in [3.8, 4) is 5.82 Å². The maximum absolute atomic E-state index is 12.5. The Morgan fingerprint density at radius 1 is 1.15 bits per heavy atom. The molecule has 1 amide bonds. The van der Waals surface area contributed by atoms with E-state index in [2.05, 4.69) is 22.3 Å². The first kappa shape index (κ1) is 16.8. The summed E-state index contributed by atoms with van der Waals surface area (Å²) in [4.78, 5) is 26.7. The zero-order valence-electron chi connectivity index (χ0n) is 14.7. The molecule has 4 rings (SSSR count). The van der Waals surface area contributed by atoms with Crippen molar-refractivity contribution >= 4 is 5.91 Å². The molecule has 2 aromatic heterocycles. The molecule has 0 radical (unpaired) electrons. The second-order valence-electron chi connectivity index (χ2n) is 7.07. The molecule has 2 aliphatic rings. The molecule has 1 fully saturated rings. The molecule has 136 valence electrons. The fourth-order valence-corrected chi connectivity index (χ4v) is 3.75. The highest BCUT2D eigenvalue weighted by molar-refractivity contribution is 5.79. The van der Waals surface area contributed by atoms with Gasteiger partial charge >= 0.3 is 0 Å². The minimum Gasteiger partial charge on any atom is -0.342 e. The summed E-state index contributed by atoms with van der Waals surface area (Å²) in [6.45, 7) is 2.13. The molecule has 2 aromatic rings. The van der Waals surface area contributed by atoms with Crippen LogP contribution in [0.15, 0.2) is 47.5 Å². The number of nitrogens with zero attached hydrogens (tertiary/aromatic N) is 5. The smallest absolute Gasteiger partial charge is 0.266 e. The maximum Gasteiger partial charge on any atom is 0.266 e. The lowest BCUT2D eigenvalue weighted by molar-refractivity contribution is -0.136. The highest BCUT2D eigenvalue weighted by Crippen LogP contribution is 2.24. The van der Waals surface area contributed by atoms with Crippen LogP contribution in [0.2, 0.25) is 0 Å². The molecule has 0 bridgehead atoms. The van der Waals surface area contributed by atoms with E-state index in [9.17, 15) is 9.59 Å². The summed E-state index contributed by atoms with van der Waals surface area (Å²) in [7, 11) is 0. The van der Waals surface area contributed by atoms with E-state index >= 15 is 0 Å². The number of allylic oxidation sites excluding steroid dienone is 2. The van der Waals surface area contributed by atoms with Crippen LogP contribution in [0.25, 0.3) is 5.82 Å². The number of carbonyl (C=O) groups excluding carboxylic acids is 1. The molecular formula is C19H23N5O2. The summed E-state index contributed by atoms with van der Waals surface area (Å²) in [5, 5.41) is 8.60. The lowest BCUT2D eigenvalue weighted by atomic mass is 9.95. The Morgan fingerprint density at radius 2 is 1.92 bits per heavy atom. The Hall–Kier alpha value is -2.70. The van der Waals surface area contributed by atoms with E-state index < -0.39 is 0 Å². The summed E-state index contributed by atoms with van der Waals surface area (Å²) in [5.41, 5.74) is -0.101. The van der Waals surface area contributed by atoms with Crippen LogP contribution in [-0.2, 0) is 11.3 Å². The quantitative estimate of drug-likeness (QED) is 0.783. The molecule has 7 heteroatoms. The average Bonchev–Trinajstić information content (AvgIpc) is 3.38. The van der Waals surface area contributed by atoms with Crippen LogP contribution < -0.4 is 5.56 Å². The van der Waals surface area contributed by atoms with Crippen LogP contribution in [0.4, 0.5) is 0 Å². The molecule has 3 heterocycles. The Balaban J connectivity index is 1.38. The van der Waals surface area contributed by atoms with E-state index in [4.69, 9.17) is 0 Å². The fraction of sp³-hybridized carbons (Fsp3) is 0.474. The lowest BCUT2D eigenvalue weighted by Crippen LogP contribution is -2.42. The Labute approximate surface area is 151 Å².